The topological polar surface area (TPSA) is 39.7 Å². The quantitative estimate of drug-likeness (QED) is 0.848. The average Bonchev–Trinajstić information content (AvgIpc) is 2.55. The lowest BCUT2D eigenvalue weighted by Crippen LogP contribution is -2.54. The van der Waals surface area contributed by atoms with Crippen molar-refractivity contribution >= 4 is 0 Å². The van der Waals surface area contributed by atoms with E-state index in [9.17, 15) is 0 Å². The summed E-state index contributed by atoms with van der Waals surface area (Å²) in [6, 6.07) is 0.294. The highest BCUT2D eigenvalue weighted by Crippen LogP contribution is 2.44. The third kappa shape index (κ3) is 3.48. The SMILES string of the molecule is CCNC(C1COCCO1)C1CC(C)(C)OC1(C)C. The van der Waals surface area contributed by atoms with Crippen LogP contribution in [0.15, 0.2) is 0 Å². The van der Waals surface area contributed by atoms with Crippen LogP contribution in [0.4, 0.5) is 0 Å². The molecule has 1 N–H and O–H groups in total. The standard InChI is InChI=1S/C15H29NO3/c1-6-16-13(12-10-17-7-8-18-12)11-9-14(2,3)19-15(11,4)5/h11-13,16H,6-10H2,1-5H3. The van der Waals surface area contributed by atoms with E-state index in [1.165, 1.54) is 0 Å². The fourth-order valence-corrected chi connectivity index (χ4v) is 3.65. The molecule has 2 heterocycles. The van der Waals surface area contributed by atoms with E-state index in [1.807, 2.05) is 0 Å². The summed E-state index contributed by atoms with van der Waals surface area (Å²) in [7, 11) is 0. The molecule has 0 amide bonds. The third-order valence-electron chi connectivity index (χ3n) is 4.26. The lowest BCUT2D eigenvalue weighted by Gasteiger charge is -2.39. The van der Waals surface area contributed by atoms with Gasteiger partial charge in [-0.05, 0) is 40.7 Å². The van der Waals surface area contributed by atoms with Crippen molar-refractivity contribution in [3.8, 4) is 0 Å². The van der Waals surface area contributed by atoms with Crippen LogP contribution in [-0.4, -0.2) is 49.7 Å². The maximum atomic E-state index is 6.23. The molecule has 112 valence electrons. The van der Waals surface area contributed by atoms with Crippen LogP contribution in [0.25, 0.3) is 0 Å². The molecule has 19 heavy (non-hydrogen) atoms. The Morgan fingerprint density at radius 1 is 1.21 bits per heavy atom. The molecule has 0 aromatic rings. The zero-order chi connectivity index (χ0) is 14.1. The maximum absolute atomic E-state index is 6.23. The summed E-state index contributed by atoms with van der Waals surface area (Å²) < 4.78 is 17.7. The van der Waals surface area contributed by atoms with Crippen LogP contribution in [0.3, 0.4) is 0 Å². The van der Waals surface area contributed by atoms with E-state index in [1.54, 1.807) is 0 Å². The summed E-state index contributed by atoms with van der Waals surface area (Å²) in [6.45, 7) is 13.9. The first-order valence-electron chi connectivity index (χ1n) is 7.48. The molecular weight excluding hydrogens is 242 g/mol. The number of rotatable bonds is 4. The Bertz CT molecular complexity index is 298. The Morgan fingerprint density at radius 3 is 2.42 bits per heavy atom. The molecule has 3 atom stereocenters. The average molecular weight is 271 g/mol. The molecule has 2 saturated heterocycles. The second-order valence-electron chi connectivity index (χ2n) is 6.84. The van der Waals surface area contributed by atoms with Gasteiger partial charge in [0.25, 0.3) is 0 Å². The lowest BCUT2D eigenvalue weighted by atomic mass is 9.79. The monoisotopic (exact) mass is 271 g/mol. The minimum absolute atomic E-state index is 0.0582. The Labute approximate surface area is 117 Å². The summed E-state index contributed by atoms with van der Waals surface area (Å²) in [5.41, 5.74) is -0.186. The number of hydrogen-bond acceptors (Lipinski definition) is 4. The Hall–Kier alpha value is -0.160. The molecule has 0 radical (unpaired) electrons. The Kier molecular flexibility index (Phi) is 4.56. The molecule has 4 nitrogen and oxygen atoms in total. The van der Waals surface area contributed by atoms with Crippen molar-refractivity contribution in [1.82, 2.24) is 5.32 Å². The van der Waals surface area contributed by atoms with Crippen LogP contribution in [0, 0.1) is 5.92 Å². The molecule has 2 rings (SSSR count). The van der Waals surface area contributed by atoms with Gasteiger partial charge in [-0.2, -0.15) is 0 Å². The van der Waals surface area contributed by atoms with E-state index >= 15 is 0 Å². The van der Waals surface area contributed by atoms with Crippen LogP contribution in [0.5, 0.6) is 0 Å². The zero-order valence-corrected chi connectivity index (χ0v) is 13.0. The summed E-state index contributed by atoms with van der Waals surface area (Å²) in [6.07, 6.45) is 1.19. The first-order chi connectivity index (χ1) is 8.86. The first kappa shape index (κ1) is 15.2. The van der Waals surface area contributed by atoms with Gasteiger partial charge >= 0.3 is 0 Å². The van der Waals surface area contributed by atoms with E-state index in [0.717, 1.165) is 13.0 Å². The summed E-state index contributed by atoms with van der Waals surface area (Å²) in [4.78, 5) is 0. The molecule has 0 bridgehead atoms. The van der Waals surface area contributed by atoms with Gasteiger partial charge < -0.3 is 19.5 Å². The van der Waals surface area contributed by atoms with Gasteiger partial charge in [0, 0.05) is 12.0 Å². The fraction of sp³-hybridized carbons (Fsp3) is 1.00. The van der Waals surface area contributed by atoms with Crippen molar-refractivity contribution in [2.45, 2.75) is 64.4 Å². The van der Waals surface area contributed by atoms with Gasteiger partial charge in [-0.1, -0.05) is 6.92 Å². The minimum atomic E-state index is -0.128. The predicted octanol–water partition coefficient (Wildman–Crippen LogP) is 1.97. The second-order valence-corrected chi connectivity index (χ2v) is 6.84. The molecule has 0 spiro atoms. The van der Waals surface area contributed by atoms with E-state index in [2.05, 4.69) is 39.9 Å². The number of hydrogen-bond donors (Lipinski definition) is 1. The highest BCUT2D eigenvalue weighted by molar-refractivity contribution is 5.02. The van der Waals surface area contributed by atoms with Crippen molar-refractivity contribution in [2.75, 3.05) is 26.4 Å². The van der Waals surface area contributed by atoms with Gasteiger partial charge in [0.1, 0.15) is 0 Å². The molecule has 0 aromatic carbocycles. The zero-order valence-electron chi connectivity index (χ0n) is 13.0. The molecule has 3 unspecified atom stereocenters. The van der Waals surface area contributed by atoms with E-state index in [-0.39, 0.29) is 17.3 Å². The largest absolute Gasteiger partial charge is 0.376 e. The number of likely N-dealkylation sites (N-methyl/N-ethyl adjacent to an activating group) is 1. The smallest absolute Gasteiger partial charge is 0.0965 e. The fourth-order valence-electron chi connectivity index (χ4n) is 3.65. The Morgan fingerprint density at radius 2 is 1.95 bits per heavy atom. The van der Waals surface area contributed by atoms with Gasteiger partial charge in [0.05, 0.1) is 37.1 Å². The third-order valence-corrected chi connectivity index (χ3v) is 4.26. The van der Waals surface area contributed by atoms with Crippen LogP contribution in [-0.2, 0) is 14.2 Å². The highest BCUT2D eigenvalue weighted by atomic mass is 16.6. The van der Waals surface area contributed by atoms with E-state index in [0.29, 0.717) is 31.8 Å². The van der Waals surface area contributed by atoms with Gasteiger partial charge in [0.2, 0.25) is 0 Å². The van der Waals surface area contributed by atoms with Gasteiger partial charge in [-0.3, -0.25) is 0 Å². The van der Waals surface area contributed by atoms with Crippen molar-refractivity contribution in [3.05, 3.63) is 0 Å². The second kappa shape index (κ2) is 5.68. The van der Waals surface area contributed by atoms with E-state index in [4.69, 9.17) is 14.2 Å². The normalized spacial score (nSPS) is 35.2. The molecular formula is C15H29NO3. The van der Waals surface area contributed by atoms with Gasteiger partial charge in [-0.15, -0.1) is 0 Å². The summed E-state index contributed by atoms with van der Waals surface area (Å²) in [5, 5.41) is 3.60. The molecule has 4 heteroatoms. The van der Waals surface area contributed by atoms with Crippen molar-refractivity contribution in [1.29, 1.82) is 0 Å². The lowest BCUT2D eigenvalue weighted by molar-refractivity contribution is -0.123. The minimum Gasteiger partial charge on any atom is -0.376 e. The summed E-state index contributed by atoms with van der Waals surface area (Å²) in [5.74, 6) is 0.439. The summed E-state index contributed by atoms with van der Waals surface area (Å²) >= 11 is 0. The maximum Gasteiger partial charge on any atom is 0.0965 e. The van der Waals surface area contributed by atoms with Crippen LogP contribution in [0.2, 0.25) is 0 Å². The van der Waals surface area contributed by atoms with Gasteiger partial charge in [0.15, 0.2) is 0 Å². The van der Waals surface area contributed by atoms with Crippen molar-refractivity contribution in [3.63, 3.8) is 0 Å². The van der Waals surface area contributed by atoms with Crippen LogP contribution >= 0.6 is 0 Å². The molecule has 2 fully saturated rings. The highest BCUT2D eigenvalue weighted by Gasteiger charge is 2.50. The molecule has 2 aliphatic heterocycles. The molecule has 0 aromatic heterocycles. The van der Waals surface area contributed by atoms with Crippen LogP contribution < -0.4 is 5.32 Å². The molecule has 2 aliphatic rings. The number of ether oxygens (including phenoxy) is 3. The number of nitrogens with one attached hydrogen (secondary N) is 1. The van der Waals surface area contributed by atoms with Crippen LogP contribution in [0.1, 0.15) is 41.0 Å². The van der Waals surface area contributed by atoms with Crippen molar-refractivity contribution in [2.24, 2.45) is 5.92 Å². The molecule has 0 aliphatic carbocycles. The van der Waals surface area contributed by atoms with Crippen molar-refractivity contribution < 1.29 is 14.2 Å². The predicted molar refractivity (Wildman–Crippen MR) is 75.4 cm³/mol. The molecule has 0 saturated carbocycles. The first-order valence-corrected chi connectivity index (χ1v) is 7.48. The Balaban J connectivity index is 2.13. The van der Waals surface area contributed by atoms with Gasteiger partial charge in [-0.25, -0.2) is 0 Å². The van der Waals surface area contributed by atoms with E-state index < -0.39 is 0 Å².